The zero-order valence-corrected chi connectivity index (χ0v) is 11.8. The van der Waals surface area contributed by atoms with Gasteiger partial charge in [-0.2, -0.15) is 0 Å². The molecule has 2 rings (SSSR count). The summed E-state index contributed by atoms with van der Waals surface area (Å²) in [7, 11) is 1.29. The smallest absolute Gasteiger partial charge is 0.337 e. The molecule has 1 aliphatic carbocycles. The Morgan fingerprint density at radius 2 is 1.90 bits per heavy atom. The minimum atomic E-state index is -1.50. The van der Waals surface area contributed by atoms with Gasteiger partial charge < -0.3 is 14.6 Å². The molecule has 2 atom stereocenters. The lowest BCUT2D eigenvalue weighted by atomic mass is 9.98. The van der Waals surface area contributed by atoms with E-state index in [2.05, 4.69) is 4.74 Å². The number of ether oxygens (including phenoxy) is 2. The lowest BCUT2D eigenvalue weighted by Crippen LogP contribution is -2.29. The van der Waals surface area contributed by atoms with Crippen LogP contribution < -0.4 is 0 Å². The largest absolute Gasteiger partial charge is 0.480 e. The first-order valence-electron chi connectivity index (χ1n) is 6.56. The molecular formula is C15H16O6. The number of carbonyl (C=O) groups is 3. The van der Waals surface area contributed by atoms with Crippen molar-refractivity contribution in [2.75, 3.05) is 13.7 Å². The molecule has 6 heteroatoms. The fourth-order valence-electron chi connectivity index (χ4n) is 2.44. The van der Waals surface area contributed by atoms with Gasteiger partial charge in [0.15, 0.2) is 5.41 Å². The van der Waals surface area contributed by atoms with Crippen molar-refractivity contribution in [3.8, 4) is 0 Å². The highest BCUT2D eigenvalue weighted by molar-refractivity contribution is 6.04. The standard InChI is InChI=1S/C15H16O6/c1-3-21-14(19)15(13(17)18)8-11(15)9-4-6-10(7-5-9)12(16)20-2/h4-7,11H,3,8H2,1-2H3,(H,17,18). The number of esters is 2. The van der Waals surface area contributed by atoms with Crippen LogP contribution in [0.1, 0.15) is 35.2 Å². The molecule has 112 valence electrons. The molecule has 0 bridgehead atoms. The zero-order chi connectivity index (χ0) is 15.6. The van der Waals surface area contributed by atoms with Crippen molar-refractivity contribution in [2.45, 2.75) is 19.3 Å². The molecule has 1 fully saturated rings. The summed E-state index contributed by atoms with van der Waals surface area (Å²) in [5.41, 5.74) is -0.431. The van der Waals surface area contributed by atoms with Gasteiger partial charge in [0.2, 0.25) is 0 Å². The summed E-state index contributed by atoms with van der Waals surface area (Å²) in [5, 5.41) is 9.34. The Kier molecular flexibility index (Phi) is 3.97. The third-order valence-corrected chi connectivity index (χ3v) is 3.72. The number of rotatable bonds is 5. The van der Waals surface area contributed by atoms with E-state index in [1.54, 1.807) is 31.2 Å². The van der Waals surface area contributed by atoms with Crippen molar-refractivity contribution in [3.63, 3.8) is 0 Å². The van der Waals surface area contributed by atoms with Crippen molar-refractivity contribution in [1.29, 1.82) is 0 Å². The van der Waals surface area contributed by atoms with E-state index < -0.39 is 29.2 Å². The number of hydrogen-bond acceptors (Lipinski definition) is 5. The highest BCUT2D eigenvalue weighted by Gasteiger charge is 2.68. The van der Waals surface area contributed by atoms with E-state index in [-0.39, 0.29) is 13.0 Å². The average Bonchev–Trinajstić information content (AvgIpc) is 3.24. The normalized spacial score (nSPS) is 23.2. The third kappa shape index (κ3) is 2.49. The van der Waals surface area contributed by atoms with Gasteiger partial charge >= 0.3 is 17.9 Å². The van der Waals surface area contributed by atoms with Crippen molar-refractivity contribution in [2.24, 2.45) is 5.41 Å². The van der Waals surface area contributed by atoms with Gasteiger partial charge in [-0.15, -0.1) is 0 Å². The maximum absolute atomic E-state index is 11.9. The van der Waals surface area contributed by atoms with Gasteiger partial charge in [0.25, 0.3) is 0 Å². The first kappa shape index (κ1) is 15.0. The minimum absolute atomic E-state index is 0.141. The first-order chi connectivity index (χ1) is 9.97. The molecule has 0 aromatic heterocycles. The van der Waals surface area contributed by atoms with Crippen molar-refractivity contribution >= 4 is 17.9 Å². The van der Waals surface area contributed by atoms with Crippen LogP contribution in [0.2, 0.25) is 0 Å². The molecule has 1 aromatic carbocycles. The number of hydrogen-bond donors (Lipinski definition) is 1. The summed E-state index contributed by atoms with van der Waals surface area (Å²) < 4.78 is 9.46. The van der Waals surface area contributed by atoms with E-state index in [9.17, 15) is 19.5 Å². The van der Waals surface area contributed by atoms with Crippen LogP contribution in [0.25, 0.3) is 0 Å². The number of methoxy groups -OCH3 is 1. The van der Waals surface area contributed by atoms with Crippen LogP contribution in [0.5, 0.6) is 0 Å². The maximum atomic E-state index is 11.9. The number of benzene rings is 1. The fourth-order valence-corrected chi connectivity index (χ4v) is 2.44. The highest BCUT2D eigenvalue weighted by atomic mass is 16.5. The quantitative estimate of drug-likeness (QED) is 0.655. The van der Waals surface area contributed by atoms with Gasteiger partial charge in [0.1, 0.15) is 0 Å². The lowest BCUT2D eigenvalue weighted by Gasteiger charge is -2.11. The molecular weight excluding hydrogens is 276 g/mol. The molecule has 0 heterocycles. The second-order valence-electron chi connectivity index (χ2n) is 4.87. The summed E-state index contributed by atoms with van der Waals surface area (Å²) in [6.45, 7) is 1.78. The summed E-state index contributed by atoms with van der Waals surface area (Å²) in [5.74, 6) is -2.78. The Balaban J connectivity index is 2.22. The van der Waals surface area contributed by atoms with E-state index in [1.807, 2.05) is 0 Å². The average molecular weight is 292 g/mol. The Hall–Kier alpha value is -2.37. The Bertz CT molecular complexity index is 576. The molecule has 2 unspecified atom stereocenters. The number of aliphatic carboxylic acids is 1. The molecule has 0 spiro atoms. The van der Waals surface area contributed by atoms with Gasteiger partial charge in [0.05, 0.1) is 19.3 Å². The minimum Gasteiger partial charge on any atom is -0.480 e. The maximum Gasteiger partial charge on any atom is 0.337 e. The van der Waals surface area contributed by atoms with Crippen molar-refractivity contribution in [1.82, 2.24) is 0 Å². The van der Waals surface area contributed by atoms with E-state index in [1.165, 1.54) is 7.11 Å². The Morgan fingerprint density at radius 3 is 2.38 bits per heavy atom. The third-order valence-electron chi connectivity index (χ3n) is 3.72. The molecule has 0 radical (unpaired) electrons. The highest BCUT2D eigenvalue weighted by Crippen LogP contribution is 2.60. The van der Waals surface area contributed by atoms with Crippen LogP contribution in [0.4, 0.5) is 0 Å². The Labute approximate surface area is 121 Å². The van der Waals surface area contributed by atoms with Gasteiger partial charge in [-0.1, -0.05) is 12.1 Å². The molecule has 1 aromatic rings. The number of carboxylic acids is 1. The van der Waals surface area contributed by atoms with E-state index in [0.29, 0.717) is 11.1 Å². The SMILES string of the molecule is CCOC(=O)C1(C(=O)O)CC1c1ccc(C(=O)OC)cc1. The fraction of sp³-hybridized carbons (Fsp3) is 0.400. The van der Waals surface area contributed by atoms with Gasteiger partial charge in [-0.25, -0.2) is 4.79 Å². The van der Waals surface area contributed by atoms with Crippen LogP contribution in [0.3, 0.4) is 0 Å². The summed E-state index contributed by atoms with van der Waals surface area (Å²) >= 11 is 0. The molecule has 0 amide bonds. The summed E-state index contributed by atoms with van der Waals surface area (Å²) in [6, 6.07) is 6.39. The van der Waals surface area contributed by atoms with Crippen LogP contribution in [-0.2, 0) is 19.1 Å². The van der Waals surface area contributed by atoms with Crippen LogP contribution >= 0.6 is 0 Å². The van der Waals surface area contributed by atoms with Crippen LogP contribution in [0.15, 0.2) is 24.3 Å². The van der Waals surface area contributed by atoms with E-state index in [4.69, 9.17) is 4.74 Å². The monoisotopic (exact) mass is 292 g/mol. The van der Waals surface area contributed by atoms with Gasteiger partial charge in [-0.3, -0.25) is 9.59 Å². The van der Waals surface area contributed by atoms with Gasteiger partial charge in [-0.05, 0) is 31.0 Å². The summed E-state index contributed by atoms with van der Waals surface area (Å²) in [4.78, 5) is 34.7. The number of carbonyl (C=O) groups excluding carboxylic acids is 2. The predicted molar refractivity (Wildman–Crippen MR) is 71.8 cm³/mol. The lowest BCUT2D eigenvalue weighted by molar-refractivity contribution is -0.161. The second-order valence-corrected chi connectivity index (χ2v) is 4.87. The molecule has 6 nitrogen and oxygen atoms in total. The first-order valence-corrected chi connectivity index (χ1v) is 6.56. The zero-order valence-electron chi connectivity index (χ0n) is 11.8. The molecule has 0 saturated heterocycles. The van der Waals surface area contributed by atoms with E-state index in [0.717, 1.165) is 0 Å². The van der Waals surface area contributed by atoms with Gasteiger partial charge in [0, 0.05) is 5.92 Å². The van der Waals surface area contributed by atoms with Crippen molar-refractivity contribution in [3.05, 3.63) is 35.4 Å². The Morgan fingerprint density at radius 1 is 1.29 bits per heavy atom. The topological polar surface area (TPSA) is 89.9 Å². The molecule has 1 aliphatic rings. The van der Waals surface area contributed by atoms with Crippen LogP contribution in [-0.4, -0.2) is 36.7 Å². The predicted octanol–water partition coefficient (Wildman–Crippen LogP) is 1.59. The molecule has 1 saturated carbocycles. The van der Waals surface area contributed by atoms with Crippen LogP contribution in [0, 0.1) is 5.41 Å². The summed E-state index contributed by atoms with van der Waals surface area (Å²) in [6.07, 6.45) is 0.207. The molecule has 1 N–H and O–H groups in total. The van der Waals surface area contributed by atoms with Crippen molar-refractivity contribution < 1.29 is 29.0 Å². The second kappa shape index (κ2) is 5.55. The molecule has 0 aliphatic heterocycles. The molecule has 21 heavy (non-hydrogen) atoms. The van der Waals surface area contributed by atoms with E-state index >= 15 is 0 Å². The number of carboxylic acid groups (broad SMARTS) is 1.